The van der Waals surface area contributed by atoms with Gasteiger partial charge in [0, 0.05) is 13.3 Å². The highest BCUT2D eigenvalue weighted by Gasteiger charge is 1.96. The highest BCUT2D eigenvalue weighted by Crippen LogP contribution is 2.04. The van der Waals surface area contributed by atoms with Gasteiger partial charge in [-0.15, -0.1) is 6.58 Å². The molecule has 52 valence electrons. The van der Waals surface area contributed by atoms with Gasteiger partial charge in [-0.1, -0.05) is 13.0 Å². The molecule has 0 aromatic carbocycles. The van der Waals surface area contributed by atoms with Crippen LogP contribution in [0.1, 0.15) is 19.8 Å². The minimum Gasteiger partial charge on any atom is -0.301 e. The molecular formula is C8H15N. The monoisotopic (exact) mass is 125 g/mol. The third-order valence-corrected chi connectivity index (χ3v) is 1.35. The maximum atomic E-state index is 3.95. The number of aliphatic imine (C=N–C) groups is 1. The molecule has 0 aliphatic carbocycles. The van der Waals surface area contributed by atoms with Crippen molar-refractivity contribution in [3.8, 4) is 0 Å². The fourth-order valence-corrected chi connectivity index (χ4v) is 0.758. The van der Waals surface area contributed by atoms with Gasteiger partial charge in [-0.05, 0) is 18.8 Å². The van der Waals surface area contributed by atoms with Crippen molar-refractivity contribution in [2.75, 3.05) is 7.05 Å². The van der Waals surface area contributed by atoms with E-state index < -0.39 is 0 Å². The Morgan fingerprint density at radius 1 is 1.67 bits per heavy atom. The average molecular weight is 125 g/mol. The van der Waals surface area contributed by atoms with E-state index in [0.717, 1.165) is 12.8 Å². The van der Waals surface area contributed by atoms with Crippen LogP contribution in [0, 0.1) is 5.92 Å². The molecule has 0 heterocycles. The van der Waals surface area contributed by atoms with E-state index in [1.165, 1.54) is 0 Å². The minimum atomic E-state index is 0.604. The highest BCUT2D eigenvalue weighted by atomic mass is 14.6. The molecule has 1 atom stereocenters. The van der Waals surface area contributed by atoms with E-state index >= 15 is 0 Å². The van der Waals surface area contributed by atoms with Crippen LogP contribution in [0.15, 0.2) is 17.6 Å². The van der Waals surface area contributed by atoms with Gasteiger partial charge in [0.1, 0.15) is 0 Å². The van der Waals surface area contributed by atoms with E-state index in [1.54, 1.807) is 0 Å². The zero-order chi connectivity index (χ0) is 7.11. The number of allylic oxidation sites excluding steroid dienone is 1. The van der Waals surface area contributed by atoms with Crippen LogP contribution in [0.5, 0.6) is 0 Å². The van der Waals surface area contributed by atoms with Crippen LogP contribution in [0.3, 0.4) is 0 Å². The predicted octanol–water partition coefficient (Wildman–Crippen LogP) is 2.29. The molecule has 0 radical (unpaired) electrons. The zero-order valence-electron chi connectivity index (χ0n) is 6.30. The van der Waals surface area contributed by atoms with E-state index in [1.807, 2.05) is 19.3 Å². The molecule has 1 nitrogen and oxygen atoms in total. The Hall–Kier alpha value is -0.590. The second kappa shape index (κ2) is 5.54. The summed E-state index contributed by atoms with van der Waals surface area (Å²) in [6.07, 6.45) is 6.13. The molecule has 0 bridgehead atoms. The van der Waals surface area contributed by atoms with Crippen molar-refractivity contribution in [1.82, 2.24) is 0 Å². The average Bonchev–Trinajstić information content (AvgIpc) is 1.88. The smallest absolute Gasteiger partial charge is 0.0273 e. The molecule has 0 fully saturated rings. The van der Waals surface area contributed by atoms with Crippen molar-refractivity contribution in [3.05, 3.63) is 12.7 Å². The number of hydrogen-bond acceptors (Lipinski definition) is 1. The van der Waals surface area contributed by atoms with Crippen LogP contribution in [-0.4, -0.2) is 13.3 Å². The first-order valence-electron chi connectivity index (χ1n) is 3.38. The third-order valence-electron chi connectivity index (χ3n) is 1.35. The maximum absolute atomic E-state index is 3.95. The molecule has 0 spiro atoms. The standard InChI is InChI=1S/C8H15N/c1-4-6-8(5-2)7-9-3/h4,7-8H,1,5-6H2,2-3H3. The lowest BCUT2D eigenvalue weighted by Gasteiger charge is -2.02. The molecular weight excluding hydrogens is 110 g/mol. The fraction of sp³-hybridized carbons (Fsp3) is 0.625. The Morgan fingerprint density at radius 3 is 2.67 bits per heavy atom. The molecule has 1 heteroatoms. The number of hydrogen-bond donors (Lipinski definition) is 0. The Labute approximate surface area is 57.5 Å². The lowest BCUT2D eigenvalue weighted by Crippen LogP contribution is -1.97. The summed E-state index contributed by atoms with van der Waals surface area (Å²) < 4.78 is 0. The summed E-state index contributed by atoms with van der Waals surface area (Å²) in [4.78, 5) is 3.95. The van der Waals surface area contributed by atoms with Crippen LogP contribution >= 0.6 is 0 Å². The molecule has 1 unspecified atom stereocenters. The van der Waals surface area contributed by atoms with Crippen molar-refractivity contribution in [1.29, 1.82) is 0 Å². The van der Waals surface area contributed by atoms with Gasteiger partial charge in [0.2, 0.25) is 0 Å². The summed E-state index contributed by atoms with van der Waals surface area (Å²) in [6, 6.07) is 0. The van der Waals surface area contributed by atoms with Gasteiger partial charge in [0.15, 0.2) is 0 Å². The van der Waals surface area contributed by atoms with Gasteiger partial charge in [0.05, 0.1) is 0 Å². The van der Waals surface area contributed by atoms with E-state index in [0.29, 0.717) is 5.92 Å². The van der Waals surface area contributed by atoms with Gasteiger partial charge in [0.25, 0.3) is 0 Å². The topological polar surface area (TPSA) is 12.4 Å². The molecule has 0 aromatic rings. The van der Waals surface area contributed by atoms with Gasteiger partial charge in [-0.2, -0.15) is 0 Å². The van der Waals surface area contributed by atoms with E-state index in [9.17, 15) is 0 Å². The van der Waals surface area contributed by atoms with Gasteiger partial charge in [-0.3, -0.25) is 0 Å². The fourth-order valence-electron chi connectivity index (χ4n) is 0.758. The number of rotatable bonds is 4. The molecule has 0 saturated heterocycles. The molecule has 0 saturated carbocycles. The summed E-state index contributed by atoms with van der Waals surface area (Å²) in [5, 5.41) is 0. The summed E-state index contributed by atoms with van der Waals surface area (Å²) in [6.45, 7) is 5.83. The van der Waals surface area contributed by atoms with Crippen molar-refractivity contribution >= 4 is 6.21 Å². The van der Waals surface area contributed by atoms with E-state index in [4.69, 9.17) is 0 Å². The van der Waals surface area contributed by atoms with Gasteiger partial charge >= 0.3 is 0 Å². The van der Waals surface area contributed by atoms with Crippen LogP contribution in [0.2, 0.25) is 0 Å². The second-order valence-corrected chi connectivity index (χ2v) is 2.10. The number of nitrogens with zero attached hydrogens (tertiary/aromatic N) is 1. The van der Waals surface area contributed by atoms with E-state index in [2.05, 4.69) is 18.5 Å². The summed E-state index contributed by atoms with van der Waals surface area (Å²) in [5.74, 6) is 0.604. The first-order valence-corrected chi connectivity index (χ1v) is 3.38. The van der Waals surface area contributed by atoms with Crippen molar-refractivity contribution in [3.63, 3.8) is 0 Å². The first-order chi connectivity index (χ1) is 4.35. The lowest BCUT2D eigenvalue weighted by atomic mass is 10.0. The minimum absolute atomic E-state index is 0.604. The molecule has 9 heavy (non-hydrogen) atoms. The van der Waals surface area contributed by atoms with Gasteiger partial charge < -0.3 is 4.99 Å². The third kappa shape index (κ3) is 3.95. The molecule has 0 rings (SSSR count). The van der Waals surface area contributed by atoms with Crippen molar-refractivity contribution in [2.24, 2.45) is 10.9 Å². The Bertz CT molecular complexity index is 94.7. The van der Waals surface area contributed by atoms with Crippen LogP contribution in [0.25, 0.3) is 0 Å². The quantitative estimate of drug-likeness (QED) is 0.404. The Kier molecular flexibility index (Phi) is 5.18. The predicted molar refractivity (Wildman–Crippen MR) is 43.0 cm³/mol. The molecule has 0 N–H and O–H groups in total. The van der Waals surface area contributed by atoms with Gasteiger partial charge in [-0.25, -0.2) is 0 Å². The normalized spacial score (nSPS) is 14.0. The SMILES string of the molecule is C=CCC(C=NC)CC. The molecule has 0 aliphatic heterocycles. The summed E-state index contributed by atoms with van der Waals surface area (Å²) in [5.41, 5.74) is 0. The summed E-state index contributed by atoms with van der Waals surface area (Å²) >= 11 is 0. The highest BCUT2D eigenvalue weighted by molar-refractivity contribution is 5.60. The van der Waals surface area contributed by atoms with E-state index in [-0.39, 0.29) is 0 Å². The summed E-state index contributed by atoms with van der Waals surface area (Å²) in [7, 11) is 1.81. The van der Waals surface area contributed by atoms with Crippen LogP contribution < -0.4 is 0 Å². The lowest BCUT2D eigenvalue weighted by molar-refractivity contribution is 0.690. The van der Waals surface area contributed by atoms with Crippen LogP contribution in [0.4, 0.5) is 0 Å². The molecule has 0 aliphatic rings. The maximum Gasteiger partial charge on any atom is 0.0273 e. The van der Waals surface area contributed by atoms with Crippen molar-refractivity contribution < 1.29 is 0 Å². The molecule has 0 aromatic heterocycles. The Balaban J connectivity index is 3.53. The largest absolute Gasteiger partial charge is 0.301 e. The Morgan fingerprint density at radius 2 is 2.33 bits per heavy atom. The second-order valence-electron chi connectivity index (χ2n) is 2.10. The van der Waals surface area contributed by atoms with Crippen LogP contribution in [-0.2, 0) is 0 Å². The molecule has 0 amide bonds. The zero-order valence-corrected chi connectivity index (χ0v) is 6.30. The first kappa shape index (κ1) is 8.41. The van der Waals surface area contributed by atoms with Crippen molar-refractivity contribution in [2.45, 2.75) is 19.8 Å².